The van der Waals surface area contributed by atoms with Crippen molar-refractivity contribution in [3.63, 3.8) is 0 Å². The van der Waals surface area contributed by atoms with Gasteiger partial charge in [0.25, 0.3) is 0 Å². The summed E-state index contributed by atoms with van der Waals surface area (Å²) in [5.74, 6) is 1.09. The molecule has 1 heterocycles. The van der Waals surface area contributed by atoms with E-state index in [1.165, 1.54) is 0 Å². The number of aromatic nitrogens is 2. The molecule has 0 saturated carbocycles. The first-order valence-electron chi connectivity index (χ1n) is 12.0. The fraction of sp³-hybridized carbons (Fsp3) is 0.129. The van der Waals surface area contributed by atoms with Crippen molar-refractivity contribution in [3.05, 3.63) is 109 Å². The van der Waals surface area contributed by atoms with Crippen LogP contribution in [0.4, 0.5) is 0 Å². The minimum Gasteiger partial charge on any atom is -0.508 e. The van der Waals surface area contributed by atoms with Gasteiger partial charge in [-0.2, -0.15) is 5.10 Å². The maximum absolute atomic E-state index is 9.86. The molecule has 0 spiro atoms. The van der Waals surface area contributed by atoms with Gasteiger partial charge in [-0.1, -0.05) is 67.6 Å². The van der Waals surface area contributed by atoms with Crippen LogP contribution in [0.5, 0.6) is 11.5 Å². The van der Waals surface area contributed by atoms with Gasteiger partial charge in [0.2, 0.25) is 0 Å². The Balaban J connectivity index is 1.75. The lowest BCUT2D eigenvalue weighted by Gasteiger charge is -2.14. The van der Waals surface area contributed by atoms with Crippen LogP contribution in [-0.2, 0) is 6.42 Å². The molecule has 0 amide bonds. The second kappa shape index (κ2) is 9.90. The highest BCUT2D eigenvalue weighted by molar-refractivity contribution is 5.84. The minimum absolute atomic E-state index is 0.240. The molecule has 0 saturated heterocycles. The predicted octanol–water partition coefficient (Wildman–Crippen LogP) is 7.54. The SMILES string of the molecule is CCOc1cccc(-c2ccccc2-n2nc(-c3ccc(O)cc3)c(-c3ccccc3)c2CC)c1. The molecule has 1 N–H and O–H groups in total. The number of nitrogens with zero attached hydrogens (tertiary/aromatic N) is 2. The smallest absolute Gasteiger partial charge is 0.119 e. The molecule has 0 unspecified atom stereocenters. The van der Waals surface area contributed by atoms with E-state index in [9.17, 15) is 5.11 Å². The molecule has 35 heavy (non-hydrogen) atoms. The zero-order chi connectivity index (χ0) is 24.2. The first kappa shape index (κ1) is 22.5. The van der Waals surface area contributed by atoms with E-state index < -0.39 is 0 Å². The first-order chi connectivity index (χ1) is 17.2. The average molecular weight is 461 g/mol. The van der Waals surface area contributed by atoms with Crippen LogP contribution in [0.25, 0.3) is 39.2 Å². The first-order valence-corrected chi connectivity index (χ1v) is 12.0. The molecule has 0 radical (unpaired) electrons. The third-order valence-electron chi connectivity index (χ3n) is 6.11. The summed E-state index contributed by atoms with van der Waals surface area (Å²) < 4.78 is 7.84. The van der Waals surface area contributed by atoms with Crippen molar-refractivity contribution in [2.24, 2.45) is 0 Å². The quantitative estimate of drug-likeness (QED) is 0.273. The van der Waals surface area contributed by atoms with Gasteiger partial charge in [0, 0.05) is 16.7 Å². The number of phenolic OH excluding ortho intramolecular Hbond substituents is 1. The van der Waals surface area contributed by atoms with Gasteiger partial charge in [0.15, 0.2) is 0 Å². The van der Waals surface area contributed by atoms with Crippen molar-refractivity contribution in [1.82, 2.24) is 9.78 Å². The molecule has 0 aliphatic heterocycles. The Morgan fingerprint density at radius 1 is 0.743 bits per heavy atom. The standard InChI is InChI=1S/C31H28N2O2/c1-3-28-30(22-11-6-5-7-12-22)31(23-17-19-25(34)20-18-23)32-33(28)29-16-9-8-15-27(29)24-13-10-14-26(21-24)35-4-2/h5-21,34H,3-4H2,1-2H3. The van der Waals surface area contributed by atoms with Gasteiger partial charge in [-0.15, -0.1) is 0 Å². The van der Waals surface area contributed by atoms with E-state index in [2.05, 4.69) is 72.3 Å². The third-order valence-corrected chi connectivity index (χ3v) is 6.11. The van der Waals surface area contributed by atoms with Crippen molar-refractivity contribution < 1.29 is 9.84 Å². The molecule has 0 bridgehead atoms. The van der Waals surface area contributed by atoms with Crippen LogP contribution in [0, 0.1) is 0 Å². The lowest BCUT2D eigenvalue weighted by molar-refractivity contribution is 0.340. The van der Waals surface area contributed by atoms with Crippen molar-refractivity contribution in [2.45, 2.75) is 20.3 Å². The number of ether oxygens (including phenoxy) is 1. The zero-order valence-corrected chi connectivity index (χ0v) is 20.0. The van der Waals surface area contributed by atoms with Gasteiger partial charge in [0.05, 0.1) is 18.0 Å². The molecule has 0 atom stereocenters. The molecule has 1 aromatic heterocycles. The third kappa shape index (κ3) is 4.43. The summed E-state index contributed by atoms with van der Waals surface area (Å²) in [7, 11) is 0. The largest absolute Gasteiger partial charge is 0.508 e. The van der Waals surface area contributed by atoms with Crippen LogP contribution in [0.2, 0.25) is 0 Å². The van der Waals surface area contributed by atoms with E-state index in [0.29, 0.717) is 6.61 Å². The lowest BCUT2D eigenvalue weighted by Crippen LogP contribution is -2.04. The van der Waals surface area contributed by atoms with Gasteiger partial charge in [-0.25, -0.2) is 4.68 Å². The Labute approximate surface area is 206 Å². The highest BCUT2D eigenvalue weighted by atomic mass is 16.5. The van der Waals surface area contributed by atoms with Gasteiger partial charge >= 0.3 is 0 Å². The molecule has 5 rings (SSSR count). The van der Waals surface area contributed by atoms with Gasteiger partial charge < -0.3 is 9.84 Å². The highest BCUT2D eigenvalue weighted by Gasteiger charge is 2.22. The molecule has 174 valence electrons. The summed E-state index contributed by atoms with van der Waals surface area (Å²) in [5, 5.41) is 15.0. The maximum atomic E-state index is 9.86. The summed E-state index contributed by atoms with van der Waals surface area (Å²) in [6.45, 7) is 4.79. The summed E-state index contributed by atoms with van der Waals surface area (Å²) in [4.78, 5) is 0. The van der Waals surface area contributed by atoms with Crippen LogP contribution < -0.4 is 4.74 Å². The van der Waals surface area contributed by atoms with Crippen LogP contribution in [-0.4, -0.2) is 21.5 Å². The van der Waals surface area contributed by atoms with Crippen LogP contribution >= 0.6 is 0 Å². The fourth-order valence-electron chi connectivity index (χ4n) is 4.53. The molecule has 5 aromatic rings. The van der Waals surface area contributed by atoms with E-state index in [1.807, 2.05) is 37.3 Å². The second-order valence-electron chi connectivity index (χ2n) is 8.33. The van der Waals surface area contributed by atoms with Crippen LogP contribution in [0.1, 0.15) is 19.5 Å². The zero-order valence-electron chi connectivity index (χ0n) is 20.0. The van der Waals surface area contributed by atoms with Gasteiger partial charge in [0.1, 0.15) is 17.2 Å². The normalized spacial score (nSPS) is 10.9. The highest BCUT2D eigenvalue weighted by Crippen LogP contribution is 2.38. The van der Waals surface area contributed by atoms with Gasteiger partial charge in [-0.05, 0) is 66.9 Å². The van der Waals surface area contributed by atoms with E-state index in [0.717, 1.165) is 57.1 Å². The van der Waals surface area contributed by atoms with Crippen molar-refractivity contribution in [3.8, 4) is 50.7 Å². The van der Waals surface area contributed by atoms with Crippen molar-refractivity contribution in [1.29, 1.82) is 0 Å². The Morgan fingerprint density at radius 3 is 2.20 bits per heavy atom. The number of aromatic hydroxyl groups is 1. The Hall–Kier alpha value is -4.31. The summed E-state index contributed by atoms with van der Waals surface area (Å²) in [6.07, 6.45) is 0.808. The lowest BCUT2D eigenvalue weighted by atomic mass is 9.97. The average Bonchev–Trinajstić information content (AvgIpc) is 3.29. The number of phenols is 1. The second-order valence-corrected chi connectivity index (χ2v) is 8.33. The fourth-order valence-corrected chi connectivity index (χ4v) is 4.53. The summed E-state index contributed by atoms with van der Waals surface area (Å²) in [5.41, 5.74) is 8.40. The molecular formula is C31H28N2O2. The number of para-hydroxylation sites is 1. The Kier molecular flexibility index (Phi) is 6.36. The van der Waals surface area contributed by atoms with Crippen LogP contribution in [0.3, 0.4) is 0 Å². The maximum Gasteiger partial charge on any atom is 0.119 e. The number of hydrogen-bond acceptors (Lipinski definition) is 3. The summed E-state index contributed by atoms with van der Waals surface area (Å²) in [6, 6.07) is 34.2. The van der Waals surface area contributed by atoms with Crippen molar-refractivity contribution >= 4 is 0 Å². The number of hydrogen-bond donors (Lipinski definition) is 1. The predicted molar refractivity (Wildman–Crippen MR) is 142 cm³/mol. The number of benzene rings is 4. The molecule has 0 fully saturated rings. The van der Waals surface area contributed by atoms with E-state index >= 15 is 0 Å². The van der Waals surface area contributed by atoms with Crippen molar-refractivity contribution in [2.75, 3.05) is 6.61 Å². The monoisotopic (exact) mass is 460 g/mol. The molecule has 0 aliphatic rings. The number of rotatable bonds is 7. The van der Waals surface area contributed by atoms with E-state index in [4.69, 9.17) is 9.84 Å². The molecule has 0 aliphatic carbocycles. The molecule has 4 aromatic carbocycles. The summed E-state index contributed by atoms with van der Waals surface area (Å²) >= 11 is 0. The Morgan fingerprint density at radius 2 is 1.46 bits per heavy atom. The van der Waals surface area contributed by atoms with Crippen LogP contribution in [0.15, 0.2) is 103 Å². The van der Waals surface area contributed by atoms with E-state index in [-0.39, 0.29) is 5.75 Å². The van der Waals surface area contributed by atoms with E-state index in [1.54, 1.807) is 12.1 Å². The molecule has 4 heteroatoms. The Bertz CT molecular complexity index is 1440. The van der Waals surface area contributed by atoms with Gasteiger partial charge in [-0.3, -0.25) is 0 Å². The minimum atomic E-state index is 0.240. The molecular weight excluding hydrogens is 432 g/mol. The topological polar surface area (TPSA) is 47.3 Å². The molecule has 4 nitrogen and oxygen atoms in total.